The predicted octanol–water partition coefficient (Wildman–Crippen LogP) is 2.75. The number of rotatable bonds is 3. The van der Waals surface area contributed by atoms with Crippen molar-refractivity contribution in [1.82, 2.24) is 4.90 Å². The number of halogens is 1. The van der Waals surface area contributed by atoms with E-state index >= 15 is 0 Å². The van der Waals surface area contributed by atoms with Gasteiger partial charge in [0.15, 0.2) is 6.29 Å². The number of hydrogen-bond donors (Lipinski definition) is 0. The number of allylic oxidation sites excluding steroid dienone is 1. The van der Waals surface area contributed by atoms with E-state index in [9.17, 15) is 4.79 Å². The highest BCUT2D eigenvalue weighted by Gasteiger charge is 2.12. The van der Waals surface area contributed by atoms with Crippen molar-refractivity contribution < 1.29 is 4.79 Å². The molecular weight excluding hydrogens is 276 g/mol. The Morgan fingerprint density at radius 2 is 2.33 bits per heavy atom. The van der Waals surface area contributed by atoms with Crippen molar-refractivity contribution in [2.75, 3.05) is 14.1 Å². The first-order valence-electron chi connectivity index (χ1n) is 4.12. The van der Waals surface area contributed by atoms with Crippen LogP contribution >= 0.6 is 27.3 Å². The molecule has 0 saturated heterocycles. The van der Waals surface area contributed by atoms with E-state index in [-0.39, 0.29) is 0 Å². The number of hydrogen-bond acceptors (Lipinski definition) is 4. The molecule has 0 bridgehead atoms. The number of nitrogens with zero attached hydrogens (tertiary/aromatic N) is 2. The minimum absolute atomic E-state index is 0.641. The Kier molecular flexibility index (Phi) is 4.06. The highest BCUT2D eigenvalue weighted by molar-refractivity contribution is 9.11. The fourth-order valence-corrected chi connectivity index (χ4v) is 2.71. The van der Waals surface area contributed by atoms with Crippen LogP contribution in [-0.4, -0.2) is 25.3 Å². The summed E-state index contributed by atoms with van der Waals surface area (Å²) < 4.78 is 0.861. The van der Waals surface area contributed by atoms with Gasteiger partial charge in [0.2, 0.25) is 0 Å². The smallest absolute Gasteiger partial charge is 0.160 e. The van der Waals surface area contributed by atoms with Crippen molar-refractivity contribution in [3.63, 3.8) is 0 Å². The molecule has 0 aromatic carbocycles. The van der Waals surface area contributed by atoms with Crippen LogP contribution in [0.1, 0.15) is 15.2 Å². The monoisotopic (exact) mass is 284 g/mol. The number of thiophene rings is 1. The number of nitriles is 1. The van der Waals surface area contributed by atoms with E-state index in [0.29, 0.717) is 4.88 Å². The molecule has 0 aliphatic carbocycles. The van der Waals surface area contributed by atoms with Crippen molar-refractivity contribution in [3.05, 3.63) is 26.4 Å². The summed E-state index contributed by atoms with van der Waals surface area (Å²) in [7, 11) is 3.71. The van der Waals surface area contributed by atoms with Gasteiger partial charge in [0.1, 0.15) is 0 Å². The molecule has 78 valence electrons. The second-order valence-electron chi connectivity index (χ2n) is 3.01. The molecule has 0 spiro atoms. The summed E-state index contributed by atoms with van der Waals surface area (Å²) in [6, 6.07) is 3.76. The molecule has 1 aromatic rings. The first-order chi connectivity index (χ1) is 7.10. The van der Waals surface area contributed by atoms with Crippen LogP contribution in [0.25, 0.3) is 5.70 Å². The molecule has 5 heteroatoms. The van der Waals surface area contributed by atoms with Gasteiger partial charge >= 0.3 is 0 Å². The van der Waals surface area contributed by atoms with E-state index in [1.807, 2.05) is 25.1 Å². The van der Waals surface area contributed by atoms with Crippen LogP contribution in [0.4, 0.5) is 0 Å². The van der Waals surface area contributed by atoms with Gasteiger partial charge in [-0.1, -0.05) is 0 Å². The zero-order valence-electron chi connectivity index (χ0n) is 8.32. The first kappa shape index (κ1) is 12.0. The SMILES string of the molecule is CN(C)C(=CC#N)c1cc(C=O)sc1Br. The highest BCUT2D eigenvalue weighted by Crippen LogP contribution is 2.33. The summed E-state index contributed by atoms with van der Waals surface area (Å²) in [5.41, 5.74) is 1.65. The number of carbonyl (C=O) groups excluding carboxylic acids is 1. The van der Waals surface area contributed by atoms with Crippen LogP contribution in [-0.2, 0) is 0 Å². The Hall–Kier alpha value is -1.12. The lowest BCUT2D eigenvalue weighted by Crippen LogP contribution is -2.09. The maximum absolute atomic E-state index is 10.6. The molecule has 0 aliphatic rings. The average molecular weight is 285 g/mol. The molecule has 0 aliphatic heterocycles. The molecule has 0 N–H and O–H groups in total. The van der Waals surface area contributed by atoms with Crippen molar-refractivity contribution in [1.29, 1.82) is 5.26 Å². The second kappa shape index (κ2) is 5.10. The summed E-state index contributed by atoms with van der Waals surface area (Å²) in [6.07, 6.45) is 2.26. The Balaban J connectivity index is 3.24. The molecule has 1 rings (SSSR count). The van der Waals surface area contributed by atoms with Crippen LogP contribution in [0.5, 0.6) is 0 Å². The predicted molar refractivity (Wildman–Crippen MR) is 64.7 cm³/mol. The third kappa shape index (κ3) is 2.67. The molecule has 15 heavy (non-hydrogen) atoms. The highest BCUT2D eigenvalue weighted by atomic mass is 79.9. The first-order valence-corrected chi connectivity index (χ1v) is 5.73. The molecule has 0 atom stereocenters. The lowest BCUT2D eigenvalue weighted by Gasteiger charge is -2.15. The summed E-state index contributed by atoms with van der Waals surface area (Å²) in [6.45, 7) is 0. The van der Waals surface area contributed by atoms with Crippen LogP contribution < -0.4 is 0 Å². The van der Waals surface area contributed by atoms with Crippen LogP contribution in [0.2, 0.25) is 0 Å². The fourth-order valence-electron chi connectivity index (χ4n) is 1.13. The van der Waals surface area contributed by atoms with Crippen molar-refractivity contribution in [3.8, 4) is 6.07 Å². The summed E-state index contributed by atoms with van der Waals surface area (Å²) in [5, 5.41) is 8.67. The number of carbonyl (C=O) groups is 1. The minimum Gasteiger partial charge on any atom is -0.377 e. The molecule has 0 unspecified atom stereocenters. The minimum atomic E-state index is 0.641. The van der Waals surface area contributed by atoms with Gasteiger partial charge in [0.05, 0.1) is 20.4 Å². The molecule has 1 heterocycles. The Bertz CT molecular complexity index is 443. The van der Waals surface area contributed by atoms with Crippen LogP contribution in [0, 0.1) is 11.3 Å². The molecule has 0 amide bonds. The van der Waals surface area contributed by atoms with Gasteiger partial charge in [-0.15, -0.1) is 11.3 Å². The molecule has 0 radical (unpaired) electrons. The quantitative estimate of drug-likeness (QED) is 0.633. The summed E-state index contributed by atoms with van der Waals surface area (Å²) in [4.78, 5) is 13.1. The van der Waals surface area contributed by atoms with Gasteiger partial charge in [-0.2, -0.15) is 5.26 Å². The number of aldehydes is 1. The second-order valence-corrected chi connectivity index (χ2v) is 5.41. The third-order valence-corrected chi connectivity index (χ3v) is 3.54. The van der Waals surface area contributed by atoms with Gasteiger partial charge in [-0.3, -0.25) is 4.79 Å². The Morgan fingerprint density at radius 3 is 2.73 bits per heavy atom. The Labute approximate surface area is 101 Å². The molecule has 1 aromatic heterocycles. The van der Waals surface area contributed by atoms with Gasteiger partial charge in [-0.05, 0) is 22.0 Å². The van der Waals surface area contributed by atoms with Gasteiger partial charge in [0, 0.05) is 25.7 Å². The van der Waals surface area contributed by atoms with E-state index in [1.165, 1.54) is 17.4 Å². The average Bonchev–Trinajstić information content (AvgIpc) is 2.55. The zero-order valence-corrected chi connectivity index (χ0v) is 10.7. The van der Waals surface area contributed by atoms with E-state index in [1.54, 1.807) is 6.07 Å². The van der Waals surface area contributed by atoms with Gasteiger partial charge in [0.25, 0.3) is 0 Å². The normalized spacial score (nSPS) is 10.9. The van der Waals surface area contributed by atoms with E-state index in [4.69, 9.17) is 5.26 Å². The van der Waals surface area contributed by atoms with Crippen molar-refractivity contribution >= 4 is 39.2 Å². The molecule has 3 nitrogen and oxygen atoms in total. The summed E-state index contributed by atoms with van der Waals surface area (Å²) >= 11 is 4.74. The topological polar surface area (TPSA) is 44.1 Å². The van der Waals surface area contributed by atoms with Crippen LogP contribution in [0.15, 0.2) is 15.9 Å². The lowest BCUT2D eigenvalue weighted by atomic mass is 10.2. The van der Waals surface area contributed by atoms with E-state index in [2.05, 4.69) is 15.9 Å². The van der Waals surface area contributed by atoms with E-state index in [0.717, 1.165) is 21.3 Å². The van der Waals surface area contributed by atoms with Gasteiger partial charge in [-0.25, -0.2) is 0 Å². The van der Waals surface area contributed by atoms with Crippen LogP contribution in [0.3, 0.4) is 0 Å². The molecule has 0 fully saturated rings. The van der Waals surface area contributed by atoms with Crippen molar-refractivity contribution in [2.24, 2.45) is 0 Å². The molecule has 0 saturated carbocycles. The maximum atomic E-state index is 10.6. The third-order valence-electron chi connectivity index (χ3n) is 1.78. The maximum Gasteiger partial charge on any atom is 0.160 e. The van der Waals surface area contributed by atoms with Crippen molar-refractivity contribution in [2.45, 2.75) is 0 Å². The standard InChI is InChI=1S/C10H9BrN2OS/c1-13(2)9(3-4-12)8-5-7(6-14)15-10(8)11/h3,5-6H,1-2H3. The summed E-state index contributed by atoms with van der Waals surface area (Å²) in [5.74, 6) is 0. The largest absolute Gasteiger partial charge is 0.377 e. The lowest BCUT2D eigenvalue weighted by molar-refractivity contribution is 0.112. The van der Waals surface area contributed by atoms with Gasteiger partial charge < -0.3 is 4.90 Å². The Morgan fingerprint density at radius 1 is 1.67 bits per heavy atom. The van der Waals surface area contributed by atoms with E-state index < -0.39 is 0 Å². The zero-order chi connectivity index (χ0) is 11.4. The fraction of sp³-hybridized carbons (Fsp3) is 0.200. The molecular formula is C10H9BrN2OS.